The van der Waals surface area contributed by atoms with E-state index in [2.05, 4.69) is 30.0 Å². The smallest absolute Gasteiger partial charge is 0.232 e. The van der Waals surface area contributed by atoms with E-state index < -0.39 is 0 Å². The number of fused-ring (bicyclic) bond motifs is 2. The van der Waals surface area contributed by atoms with Crippen molar-refractivity contribution in [1.82, 2.24) is 0 Å². The lowest BCUT2D eigenvalue weighted by molar-refractivity contribution is -0.123. The number of amides is 1. The third-order valence-corrected chi connectivity index (χ3v) is 5.44. The molecule has 1 saturated heterocycles. The van der Waals surface area contributed by atoms with Crippen molar-refractivity contribution in [2.45, 2.75) is 38.0 Å². The highest BCUT2D eigenvalue weighted by Crippen LogP contribution is 2.52. The molecule has 20 heavy (non-hydrogen) atoms. The Kier molecular flexibility index (Phi) is 2.53. The molecule has 2 fully saturated rings. The fourth-order valence-corrected chi connectivity index (χ4v) is 3.73. The van der Waals surface area contributed by atoms with Crippen LogP contribution >= 0.6 is 0 Å². The Labute approximate surface area is 119 Å². The highest BCUT2D eigenvalue weighted by molar-refractivity contribution is 6.01. The van der Waals surface area contributed by atoms with Crippen LogP contribution in [0.4, 0.5) is 5.69 Å². The number of anilines is 1. The van der Waals surface area contributed by atoms with Crippen molar-refractivity contribution >= 4 is 11.6 Å². The van der Waals surface area contributed by atoms with Crippen molar-refractivity contribution in [2.75, 3.05) is 24.7 Å². The quantitative estimate of drug-likeness (QED) is 0.786. The second-order valence-electron chi connectivity index (χ2n) is 6.86. The van der Waals surface area contributed by atoms with Crippen molar-refractivity contribution in [3.63, 3.8) is 0 Å². The summed E-state index contributed by atoms with van der Waals surface area (Å²) in [6.07, 6.45) is 4.15. The van der Waals surface area contributed by atoms with Crippen LogP contribution in [0.3, 0.4) is 0 Å². The van der Waals surface area contributed by atoms with Gasteiger partial charge >= 0.3 is 0 Å². The normalized spacial score (nSPS) is 25.6. The zero-order valence-electron chi connectivity index (χ0n) is 12.0. The molecule has 1 aromatic rings. The summed E-state index contributed by atoms with van der Waals surface area (Å²) >= 11 is 0. The highest BCUT2D eigenvalue weighted by Gasteiger charge is 2.52. The van der Waals surface area contributed by atoms with Crippen molar-refractivity contribution in [3.05, 3.63) is 29.8 Å². The number of carbonyl (C=O) groups excluding carboxylic acids is 1. The maximum atomic E-state index is 12.8. The van der Waals surface area contributed by atoms with Crippen LogP contribution in [0.15, 0.2) is 24.3 Å². The molecule has 106 valence electrons. The number of hydrogen-bond donors (Lipinski definition) is 0. The average Bonchev–Trinajstić information content (AvgIpc) is 3.17. The Balaban J connectivity index is 1.75. The van der Waals surface area contributed by atoms with E-state index in [-0.39, 0.29) is 10.8 Å². The lowest BCUT2D eigenvalue weighted by atomic mass is 9.76. The summed E-state index contributed by atoms with van der Waals surface area (Å²) in [6, 6.07) is 8.47. The molecule has 1 amide bonds. The van der Waals surface area contributed by atoms with Gasteiger partial charge in [0.25, 0.3) is 0 Å². The standard InChI is InChI=1S/C17H21NO2/c1-16(6-7-16)15(19)18-12-17(8-10-20-11-9-17)13-4-2-3-5-14(13)18/h2-5H,6-12H2,1H3. The molecule has 3 nitrogen and oxygen atoms in total. The molecule has 3 aliphatic rings. The van der Waals surface area contributed by atoms with Crippen LogP contribution < -0.4 is 4.90 Å². The van der Waals surface area contributed by atoms with Crippen molar-refractivity contribution in [2.24, 2.45) is 5.41 Å². The number of para-hydroxylation sites is 1. The van der Waals surface area contributed by atoms with E-state index in [0.717, 1.165) is 51.1 Å². The molecule has 0 atom stereocenters. The van der Waals surface area contributed by atoms with Gasteiger partial charge < -0.3 is 9.64 Å². The van der Waals surface area contributed by atoms with Crippen molar-refractivity contribution in [3.8, 4) is 0 Å². The van der Waals surface area contributed by atoms with Gasteiger partial charge in [0.1, 0.15) is 0 Å². The van der Waals surface area contributed by atoms with Gasteiger partial charge in [-0.2, -0.15) is 0 Å². The van der Waals surface area contributed by atoms with Crippen LogP contribution in [0.1, 0.15) is 38.2 Å². The summed E-state index contributed by atoms with van der Waals surface area (Å²) < 4.78 is 5.54. The minimum Gasteiger partial charge on any atom is -0.381 e. The molecule has 0 aromatic heterocycles. The largest absolute Gasteiger partial charge is 0.381 e. The zero-order chi connectivity index (χ0) is 13.8. The average molecular weight is 271 g/mol. The van der Waals surface area contributed by atoms with Gasteiger partial charge in [0, 0.05) is 36.3 Å². The molecule has 2 aliphatic heterocycles. The number of carbonyl (C=O) groups is 1. The van der Waals surface area contributed by atoms with Gasteiger partial charge in [0.2, 0.25) is 5.91 Å². The fraction of sp³-hybridized carbons (Fsp3) is 0.588. The number of hydrogen-bond acceptors (Lipinski definition) is 2. The minimum absolute atomic E-state index is 0.0934. The molecule has 0 bridgehead atoms. The van der Waals surface area contributed by atoms with E-state index in [1.165, 1.54) is 5.56 Å². The number of benzene rings is 1. The van der Waals surface area contributed by atoms with Gasteiger partial charge in [0.15, 0.2) is 0 Å². The van der Waals surface area contributed by atoms with E-state index in [1.54, 1.807) is 0 Å². The van der Waals surface area contributed by atoms with Crippen LogP contribution in [-0.4, -0.2) is 25.7 Å². The lowest BCUT2D eigenvalue weighted by Gasteiger charge is -2.34. The molecule has 1 saturated carbocycles. The molecular weight excluding hydrogens is 250 g/mol. The monoisotopic (exact) mass is 271 g/mol. The summed E-state index contributed by atoms with van der Waals surface area (Å²) in [5.74, 6) is 0.327. The molecule has 0 radical (unpaired) electrons. The number of nitrogens with zero attached hydrogens (tertiary/aromatic N) is 1. The van der Waals surface area contributed by atoms with E-state index in [1.807, 2.05) is 6.07 Å². The van der Waals surface area contributed by atoms with E-state index in [9.17, 15) is 4.79 Å². The van der Waals surface area contributed by atoms with Crippen LogP contribution in [0.5, 0.6) is 0 Å². The lowest BCUT2D eigenvalue weighted by Crippen LogP contribution is -2.42. The molecule has 1 spiro atoms. The predicted octanol–water partition coefficient (Wildman–Crippen LogP) is 2.88. The first-order valence-corrected chi connectivity index (χ1v) is 7.64. The Hall–Kier alpha value is -1.35. The Morgan fingerprint density at radius 2 is 1.85 bits per heavy atom. The van der Waals surface area contributed by atoms with Gasteiger partial charge in [-0.05, 0) is 37.3 Å². The summed E-state index contributed by atoms with van der Waals surface area (Å²) in [5.41, 5.74) is 2.55. The predicted molar refractivity (Wildman–Crippen MR) is 77.9 cm³/mol. The van der Waals surface area contributed by atoms with Crippen LogP contribution in [0.25, 0.3) is 0 Å². The van der Waals surface area contributed by atoms with Crippen molar-refractivity contribution < 1.29 is 9.53 Å². The van der Waals surface area contributed by atoms with Gasteiger partial charge in [0.05, 0.1) is 0 Å². The topological polar surface area (TPSA) is 29.5 Å². The Morgan fingerprint density at radius 1 is 1.15 bits per heavy atom. The van der Waals surface area contributed by atoms with Crippen LogP contribution in [0, 0.1) is 5.41 Å². The first kappa shape index (κ1) is 12.4. The fourth-order valence-electron chi connectivity index (χ4n) is 3.73. The minimum atomic E-state index is -0.0934. The summed E-state index contributed by atoms with van der Waals surface area (Å²) in [6.45, 7) is 4.58. The van der Waals surface area contributed by atoms with Gasteiger partial charge in [-0.1, -0.05) is 25.1 Å². The molecule has 3 heteroatoms. The maximum Gasteiger partial charge on any atom is 0.232 e. The second-order valence-corrected chi connectivity index (χ2v) is 6.86. The Morgan fingerprint density at radius 3 is 2.55 bits per heavy atom. The third-order valence-electron chi connectivity index (χ3n) is 5.44. The zero-order valence-corrected chi connectivity index (χ0v) is 12.0. The SMILES string of the molecule is CC1(C(=O)N2CC3(CCOCC3)c3ccccc32)CC1. The molecule has 1 aromatic carbocycles. The molecular formula is C17H21NO2. The molecule has 0 N–H and O–H groups in total. The van der Waals surface area contributed by atoms with E-state index in [0.29, 0.717) is 5.91 Å². The number of rotatable bonds is 1. The summed E-state index contributed by atoms with van der Waals surface area (Å²) in [7, 11) is 0. The van der Waals surface area contributed by atoms with Crippen LogP contribution in [-0.2, 0) is 14.9 Å². The molecule has 2 heterocycles. The third kappa shape index (κ3) is 1.65. The molecule has 1 aliphatic carbocycles. The second kappa shape index (κ2) is 4.08. The van der Waals surface area contributed by atoms with Gasteiger partial charge in [-0.15, -0.1) is 0 Å². The van der Waals surface area contributed by atoms with Crippen LogP contribution in [0.2, 0.25) is 0 Å². The summed E-state index contributed by atoms with van der Waals surface area (Å²) in [4.78, 5) is 14.9. The van der Waals surface area contributed by atoms with Crippen molar-refractivity contribution in [1.29, 1.82) is 0 Å². The maximum absolute atomic E-state index is 12.8. The highest BCUT2D eigenvalue weighted by atomic mass is 16.5. The first-order valence-electron chi connectivity index (χ1n) is 7.64. The molecule has 4 rings (SSSR count). The number of ether oxygens (including phenoxy) is 1. The van der Waals surface area contributed by atoms with E-state index >= 15 is 0 Å². The Bertz CT molecular complexity index is 556. The molecule has 0 unspecified atom stereocenters. The summed E-state index contributed by atoms with van der Waals surface area (Å²) in [5, 5.41) is 0. The first-order chi connectivity index (χ1) is 9.65. The van der Waals surface area contributed by atoms with E-state index in [4.69, 9.17) is 4.74 Å². The van der Waals surface area contributed by atoms with Gasteiger partial charge in [-0.25, -0.2) is 0 Å². The van der Waals surface area contributed by atoms with Gasteiger partial charge in [-0.3, -0.25) is 4.79 Å².